The first kappa shape index (κ1) is 12.1. The van der Waals surface area contributed by atoms with E-state index in [1.54, 1.807) is 0 Å². The van der Waals surface area contributed by atoms with Crippen LogP contribution in [0.5, 0.6) is 5.75 Å². The van der Waals surface area contributed by atoms with Crippen LogP contribution in [-0.2, 0) is 9.53 Å². The molecule has 1 aromatic carbocycles. The molecule has 0 saturated heterocycles. The average Bonchev–Trinajstić information content (AvgIpc) is 2.22. The lowest BCUT2D eigenvalue weighted by Gasteiger charge is -2.34. The molecule has 2 unspecified atom stereocenters. The van der Waals surface area contributed by atoms with Crippen molar-refractivity contribution in [3.8, 4) is 5.75 Å². The zero-order chi connectivity index (χ0) is 11.7. The molecule has 0 radical (unpaired) electrons. The molecule has 16 heavy (non-hydrogen) atoms. The second kappa shape index (κ2) is 4.85. The topological polar surface area (TPSA) is 35.5 Å². The summed E-state index contributed by atoms with van der Waals surface area (Å²) >= 11 is 6.81. The van der Waals surface area contributed by atoms with Crippen molar-refractivity contribution >= 4 is 37.6 Å². The molecular weight excluding hydrogens is 340 g/mol. The number of hydrogen-bond acceptors (Lipinski definition) is 3. The van der Waals surface area contributed by atoms with Crippen molar-refractivity contribution < 1.29 is 14.3 Å². The van der Waals surface area contributed by atoms with Gasteiger partial charge in [0.1, 0.15) is 11.9 Å². The number of halogens is 2. The van der Waals surface area contributed by atoms with E-state index in [4.69, 9.17) is 9.47 Å². The van der Waals surface area contributed by atoms with Crippen molar-refractivity contribution in [1.82, 2.24) is 0 Å². The lowest BCUT2D eigenvalue weighted by molar-refractivity contribution is -0.151. The average molecular weight is 350 g/mol. The van der Waals surface area contributed by atoms with Crippen molar-refractivity contribution in [2.75, 3.05) is 7.11 Å². The van der Waals surface area contributed by atoms with Crippen molar-refractivity contribution in [3.05, 3.63) is 27.1 Å². The Bertz CT molecular complexity index is 399. The van der Waals surface area contributed by atoms with Crippen molar-refractivity contribution in [3.63, 3.8) is 0 Å². The van der Waals surface area contributed by atoms with Crippen LogP contribution in [0.4, 0.5) is 0 Å². The van der Waals surface area contributed by atoms with Gasteiger partial charge in [-0.3, -0.25) is 4.79 Å². The maximum Gasteiger partial charge on any atom is 0.169 e. The van der Waals surface area contributed by atoms with Gasteiger partial charge in [-0.1, -0.05) is 6.07 Å². The minimum Gasteiger partial charge on any atom is -0.484 e. The molecule has 1 aliphatic carbocycles. The summed E-state index contributed by atoms with van der Waals surface area (Å²) in [6.07, 6.45) is -0.210. The summed E-state index contributed by atoms with van der Waals surface area (Å²) in [5.74, 6) is 0.803. The monoisotopic (exact) mass is 348 g/mol. The number of carbonyl (C=O) groups excluding carboxylic acids is 1. The Morgan fingerprint density at radius 3 is 2.44 bits per heavy atom. The number of hydrogen-bond donors (Lipinski definition) is 0. The zero-order valence-corrected chi connectivity index (χ0v) is 11.7. The number of ether oxygens (including phenoxy) is 2. The predicted molar refractivity (Wildman–Crippen MR) is 66.7 cm³/mol. The van der Waals surface area contributed by atoms with Gasteiger partial charge >= 0.3 is 0 Å². The largest absolute Gasteiger partial charge is 0.484 e. The molecule has 5 heteroatoms. The Hall–Kier alpha value is -0.390. The maximum absolute atomic E-state index is 11.2. The summed E-state index contributed by atoms with van der Waals surface area (Å²) < 4.78 is 12.5. The standard InChI is InChI=1S/C11H10Br2O3/c1-15-11-8(14)5-9(11)16-10-6(12)3-2-4-7(10)13/h2-4,9,11H,5H2,1H3. The maximum atomic E-state index is 11.2. The second-order valence-electron chi connectivity index (χ2n) is 3.53. The van der Waals surface area contributed by atoms with Crippen LogP contribution in [0.15, 0.2) is 27.1 Å². The summed E-state index contributed by atoms with van der Waals surface area (Å²) in [7, 11) is 1.52. The Labute approximate surface area is 110 Å². The molecule has 0 N–H and O–H groups in total. The summed E-state index contributed by atoms with van der Waals surface area (Å²) in [6.45, 7) is 0. The van der Waals surface area contributed by atoms with Crippen LogP contribution in [0, 0.1) is 0 Å². The molecule has 0 heterocycles. The van der Waals surface area contributed by atoms with E-state index < -0.39 is 6.10 Å². The number of Topliss-reactive ketones (excluding diaryl/α,β-unsaturated/α-hetero) is 1. The van der Waals surface area contributed by atoms with E-state index in [0.717, 1.165) is 8.95 Å². The second-order valence-corrected chi connectivity index (χ2v) is 5.24. The molecule has 0 aliphatic heterocycles. The third kappa shape index (κ3) is 2.17. The van der Waals surface area contributed by atoms with Gasteiger partial charge in [-0.15, -0.1) is 0 Å². The molecule has 1 fully saturated rings. The smallest absolute Gasteiger partial charge is 0.169 e. The minimum atomic E-state index is -0.431. The third-order valence-electron chi connectivity index (χ3n) is 2.50. The molecule has 0 bridgehead atoms. The molecule has 1 aliphatic rings. The number of carbonyl (C=O) groups is 1. The van der Waals surface area contributed by atoms with E-state index in [9.17, 15) is 4.79 Å². The summed E-state index contributed by atoms with van der Waals surface area (Å²) in [6, 6.07) is 5.69. The molecule has 1 saturated carbocycles. The van der Waals surface area contributed by atoms with Crippen LogP contribution < -0.4 is 4.74 Å². The Balaban J connectivity index is 2.13. The van der Waals surface area contributed by atoms with Gasteiger partial charge < -0.3 is 9.47 Å². The van der Waals surface area contributed by atoms with Gasteiger partial charge in [-0.25, -0.2) is 0 Å². The molecule has 2 atom stereocenters. The van der Waals surface area contributed by atoms with Crippen LogP contribution in [0.25, 0.3) is 0 Å². The third-order valence-corrected chi connectivity index (χ3v) is 3.75. The highest BCUT2D eigenvalue weighted by atomic mass is 79.9. The fraction of sp³-hybridized carbons (Fsp3) is 0.364. The summed E-state index contributed by atoms with van der Waals surface area (Å²) in [5.41, 5.74) is 0. The number of benzene rings is 1. The van der Waals surface area contributed by atoms with Crippen molar-refractivity contribution in [2.45, 2.75) is 18.6 Å². The molecule has 0 spiro atoms. The van der Waals surface area contributed by atoms with E-state index in [2.05, 4.69) is 31.9 Å². The molecule has 86 valence electrons. The Morgan fingerprint density at radius 1 is 1.31 bits per heavy atom. The molecule has 0 amide bonds. The molecule has 3 nitrogen and oxygen atoms in total. The normalized spacial score (nSPS) is 24.1. The van der Waals surface area contributed by atoms with Crippen molar-refractivity contribution in [2.24, 2.45) is 0 Å². The molecule has 0 aromatic heterocycles. The highest BCUT2D eigenvalue weighted by molar-refractivity contribution is 9.11. The van der Waals surface area contributed by atoms with Crippen molar-refractivity contribution in [1.29, 1.82) is 0 Å². The highest BCUT2D eigenvalue weighted by Gasteiger charge is 2.42. The van der Waals surface area contributed by atoms with Crippen LogP contribution >= 0.6 is 31.9 Å². The minimum absolute atomic E-state index is 0.0932. The van der Waals surface area contributed by atoms with E-state index in [1.165, 1.54) is 7.11 Å². The van der Waals surface area contributed by atoms with Gasteiger partial charge in [0.05, 0.1) is 8.95 Å². The van der Waals surface area contributed by atoms with Gasteiger partial charge in [0.2, 0.25) is 0 Å². The number of ketones is 1. The van der Waals surface area contributed by atoms with E-state index in [1.807, 2.05) is 18.2 Å². The lowest BCUT2D eigenvalue weighted by atomic mass is 9.90. The van der Waals surface area contributed by atoms with Crippen LogP contribution in [-0.4, -0.2) is 25.1 Å². The SMILES string of the molecule is COC1C(=O)CC1Oc1c(Br)cccc1Br. The quantitative estimate of drug-likeness (QED) is 0.841. The number of methoxy groups -OCH3 is 1. The summed E-state index contributed by atoms with van der Waals surface area (Å²) in [4.78, 5) is 11.2. The van der Waals surface area contributed by atoms with Crippen LogP contribution in [0.1, 0.15) is 6.42 Å². The number of para-hydroxylation sites is 1. The van der Waals surface area contributed by atoms with Gasteiger partial charge in [0, 0.05) is 13.5 Å². The fourth-order valence-corrected chi connectivity index (χ4v) is 2.79. The van der Waals surface area contributed by atoms with Gasteiger partial charge in [-0.05, 0) is 44.0 Å². The van der Waals surface area contributed by atoms with Crippen LogP contribution in [0.2, 0.25) is 0 Å². The molecule has 1 aromatic rings. The Morgan fingerprint density at radius 2 is 1.94 bits per heavy atom. The van der Waals surface area contributed by atoms with E-state index in [0.29, 0.717) is 12.2 Å². The van der Waals surface area contributed by atoms with Gasteiger partial charge in [-0.2, -0.15) is 0 Å². The first-order chi connectivity index (χ1) is 7.63. The van der Waals surface area contributed by atoms with Gasteiger partial charge in [0.25, 0.3) is 0 Å². The number of rotatable bonds is 3. The lowest BCUT2D eigenvalue weighted by Crippen LogP contribution is -2.51. The van der Waals surface area contributed by atoms with E-state index in [-0.39, 0.29) is 11.9 Å². The highest BCUT2D eigenvalue weighted by Crippen LogP contribution is 2.36. The van der Waals surface area contributed by atoms with E-state index >= 15 is 0 Å². The molecule has 2 rings (SSSR count). The first-order valence-electron chi connectivity index (χ1n) is 4.79. The first-order valence-corrected chi connectivity index (χ1v) is 6.38. The zero-order valence-electron chi connectivity index (χ0n) is 8.57. The molecular formula is C11H10Br2O3. The predicted octanol–water partition coefficient (Wildman–Crippen LogP) is 2.95. The fourth-order valence-electron chi connectivity index (χ4n) is 1.60. The Kier molecular flexibility index (Phi) is 3.66. The summed E-state index contributed by atoms with van der Waals surface area (Å²) in [5, 5.41) is 0. The van der Waals surface area contributed by atoms with Crippen LogP contribution in [0.3, 0.4) is 0 Å². The van der Waals surface area contributed by atoms with Gasteiger partial charge in [0.15, 0.2) is 11.9 Å².